The largest absolute Gasteiger partial charge is 0.467 e. The second-order valence-electron chi connectivity index (χ2n) is 10.4. The number of amides is 2. The third-order valence-electron chi connectivity index (χ3n) is 8.62. The van der Waals surface area contributed by atoms with E-state index in [1.54, 1.807) is 23.3 Å². The number of carbonyl (C=O) groups is 3. The van der Waals surface area contributed by atoms with Gasteiger partial charge in [0.25, 0.3) is 0 Å². The summed E-state index contributed by atoms with van der Waals surface area (Å²) >= 11 is 0. The van der Waals surface area contributed by atoms with Gasteiger partial charge in [0.15, 0.2) is 0 Å². The number of benzene rings is 1. The number of rotatable bonds is 5. The van der Waals surface area contributed by atoms with Crippen molar-refractivity contribution in [1.29, 1.82) is 0 Å². The summed E-state index contributed by atoms with van der Waals surface area (Å²) in [6.07, 6.45) is 7.75. The van der Waals surface area contributed by atoms with Gasteiger partial charge in [0.05, 0.1) is 36.3 Å². The number of carbonyl (C=O) groups excluding carboxylic acids is 3. The van der Waals surface area contributed by atoms with Crippen LogP contribution in [0.3, 0.4) is 0 Å². The fourth-order valence-corrected chi connectivity index (χ4v) is 7.04. The molecule has 1 spiro atoms. The van der Waals surface area contributed by atoms with Crippen LogP contribution in [-0.4, -0.2) is 51.8 Å². The first-order valence-corrected chi connectivity index (χ1v) is 12.6. The zero-order chi connectivity index (χ0) is 24.6. The number of furan rings is 1. The second kappa shape index (κ2) is 7.67. The number of hydrogen-bond acceptors (Lipinski definition) is 5. The lowest BCUT2D eigenvalue weighted by atomic mass is 9.70. The molecule has 0 radical (unpaired) electrons. The molecule has 2 bridgehead atoms. The number of Topliss-reactive ketones (excluding diaryl/α,β-unsaturated/α-hetero) is 1. The number of nitrogens with zero attached hydrogens (tertiary/aromatic N) is 1. The lowest BCUT2D eigenvalue weighted by Gasteiger charge is -2.43. The van der Waals surface area contributed by atoms with E-state index in [1.165, 1.54) is 0 Å². The van der Waals surface area contributed by atoms with Crippen LogP contribution < -0.4 is 5.32 Å². The van der Waals surface area contributed by atoms with Crippen molar-refractivity contribution in [2.45, 2.75) is 43.6 Å². The lowest BCUT2D eigenvalue weighted by molar-refractivity contribution is -0.148. The number of ether oxygens (including phenoxy) is 1. The van der Waals surface area contributed by atoms with E-state index in [-0.39, 0.29) is 24.0 Å². The van der Waals surface area contributed by atoms with Crippen LogP contribution in [0.25, 0.3) is 10.9 Å². The molecule has 2 N–H and O–H groups in total. The van der Waals surface area contributed by atoms with E-state index in [0.717, 1.165) is 16.5 Å². The van der Waals surface area contributed by atoms with Crippen LogP contribution in [0, 0.1) is 17.8 Å². The zero-order valence-electron chi connectivity index (χ0n) is 19.8. The minimum absolute atomic E-state index is 0.0764. The van der Waals surface area contributed by atoms with E-state index >= 15 is 0 Å². The third-order valence-corrected chi connectivity index (χ3v) is 8.62. The molecule has 8 nitrogen and oxygen atoms in total. The number of fused-ring (bicyclic) bond motifs is 3. The van der Waals surface area contributed by atoms with Gasteiger partial charge in [0.1, 0.15) is 17.1 Å². The molecule has 3 saturated heterocycles. The normalized spacial score (nSPS) is 34.4. The van der Waals surface area contributed by atoms with E-state index in [2.05, 4.69) is 16.4 Å². The number of hydrogen-bond donors (Lipinski definition) is 2. The highest BCUT2D eigenvalue weighted by Crippen LogP contribution is 2.59. The van der Waals surface area contributed by atoms with Gasteiger partial charge in [0, 0.05) is 36.0 Å². The number of nitrogens with one attached hydrogen (secondary N) is 2. The Morgan fingerprint density at radius 1 is 1.22 bits per heavy atom. The number of ketones is 1. The van der Waals surface area contributed by atoms with Gasteiger partial charge in [-0.25, -0.2) is 0 Å². The maximum Gasteiger partial charge on any atom is 0.230 e. The van der Waals surface area contributed by atoms with E-state index < -0.39 is 41.5 Å². The quantitative estimate of drug-likeness (QED) is 0.541. The smallest absolute Gasteiger partial charge is 0.230 e. The van der Waals surface area contributed by atoms with Crippen LogP contribution in [0.4, 0.5) is 0 Å². The van der Waals surface area contributed by atoms with Crippen LogP contribution >= 0.6 is 0 Å². The van der Waals surface area contributed by atoms with Crippen LogP contribution in [-0.2, 0) is 25.5 Å². The van der Waals surface area contributed by atoms with Crippen molar-refractivity contribution < 1.29 is 23.5 Å². The van der Waals surface area contributed by atoms with Gasteiger partial charge in [-0.1, -0.05) is 37.3 Å². The standard InChI is InChI=1S/C28H27N3O5/c1-15-20(32)13-19(21-7-4-12-35-21)31-25(15)28-10-8-22(36-28)23(24(28)27(31)34)26(33)29-11-9-16-14-30-18-6-3-2-5-17(16)18/h2-8,10,12,14-15,19,22-25,30H,9,11,13H2,1H3,(H,29,33)/t15-,19-,22-,23+,24+,25-,28+/m1/s1. The summed E-state index contributed by atoms with van der Waals surface area (Å²) in [4.78, 5) is 45.5. The Bertz CT molecular complexity index is 1410. The number of aromatic nitrogens is 1. The summed E-state index contributed by atoms with van der Waals surface area (Å²) in [5, 5.41) is 4.20. The first-order valence-electron chi connectivity index (χ1n) is 12.6. The number of aromatic amines is 1. The second-order valence-corrected chi connectivity index (χ2v) is 10.4. The third kappa shape index (κ3) is 2.82. The maximum absolute atomic E-state index is 14.0. The first kappa shape index (κ1) is 21.6. The van der Waals surface area contributed by atoms with Crippen molar-refractivity contribution in [1.82, 2.24) is 15.2 Å². The summed E-state index contributed by atoms with van der Waals surface area (Å²) < 4.78 is 12.0. The highest BCUT2D eigenvalue weighted by atomic mass is 16.5. The van der Waals surface area contributed by atoms with E-state index in [1.807, 2.05) is 43.5 Å². The van der Waals surface area contributed by atoms with Gasteiger partial charge in [-0.15, -0.1) is 0 Å². The topological polar surface area (TPSA) is 105 Å². The fraction of sp³-hybridized carbons (Fsp3) is 0.393. The van der Waals surface area contributed by atoms with Crippen LogP contribution in [0.15, 0.2) is 65.4 Å². The van der Waals surface area contributed by atoms with Crippen molar-refractivity contribution in [2.75, 3.05) is 6.54 Å². The minimum atomic E-state index is -0.971. The molecule has 36 heavy (non-hydrogen) atoms. The molecule has 0 aliphatic carbocycles. The van der Waals surface area contributed by atoms with E-state index in [4.69, 9.17) is 9.15 Å². The Balaban J connectivity index is 1.15. The van der Waals surface area contributed by atoms with Gasteiger partial charge < -0.3 is 24.4 Å². The molecule has 1 aromatic carbocycles. The van der Waals surface area contributed by atoms with Gasteiger partial charge in [-0.3, -0.25) is 14.4 Å². The molecule has 0 unspecified atom stereocenters. The van der Waals surface area contributed by atoms with Crippen molar-refractivity contribution in [3.05, 3.63) is 72.3 Å². The van der Waals surface area contributed by atoms with Gasteiger partial charge >= 0.3 is 0 Å². The summed E-state index contributed by atoms with van der Waals surface area (Å²) in [5.74, 6) is -1.33. The summed E-state index contributed by atoms with van der Waals surface area (Å²) in [6, 6.07) is 10.7. The Labute approximate surface area is 207 Å². The highest BCUT2D eigenvalue weighted by molar-refractivity contribution is 5.96. The molecule has 7 rings (SSSR count). The molecule has 6 heterocycles. The number of piperidine rings is 1. The predicted octanol–water partition coefficient (Wildman–Crippen LogP) is 2.92. The maximum atomic E-state index is 14.0. The summed E-state index contributed by atoms with van der Waals surface area (Å²) in [6.45, 7) is 2.32. The molecule has 184 valence electrons. The first-order chi connectivity index (χ1) is 17.5. The average Bonchev–Trinajstić information content (AvgIpc) is 3.69. The van der Waals surface area contributed by atoms with Crippen LogP contribution in [0.5, 0.6) is 0 Å². The van der Waals surface area contributed by atoms with Crippen molar-refractivity contribution >= 4 is 28.5 Å². The summed E-state index contributed by atoms with van der Waals surface area (Å²) in [7, 11) is 0. The summed E-state index contributed by atoms with van der Waals surface area (Å²) in [5.41, 5.74) is 1.23. The number of para-hydroxylation sites is 1. The molecule has 2 amide bonds. The van der Waals surface area contributed by atoms with Gasteiger partial charge in [-0.05, 0) is 30.2 Å². The van der Waals surface area contributed by atoms with E-state index in [9.17, 15) is 14.4 Å². The molecule has 4 aliphatic heterocycles. The molecule has 8 heteroatoms. The fourth-order valence-electron chi connectivity index (χ4n) is 7.04. The van der Waals surface area contributed by atoms with Gasteiger partial charge in [-0.2, -0.15) is 0 Å². The average molecular weight is 486 g/mol. The molecule has 4 aliphatic rings. The number of H-pyrrole nitrogens is 1. The Morgan fingerprint density at radius 2 is 2.08 bits per heavy atom. The zero-order valence-corrected chi connectivity index (χ0v) is 19.8. The molecule has 7 atom stereocenters. The predicted molar refractivity (Wildman–Crippen MR) is 130 cm³/mol. The lowest BCUT2D eigenvalue weighted by Crippen LogP contribution is -2.55. The van der Waals surface area contributed by atoms with E-state index in [0.29, 0.717) is 18.7 Å². The van der Waals surface area contributed by atoms with Crippen molar-refractivity contribution in [2.24, 2.45) is 17.8 Å². The van der Waals surface area contributed by atoms with Crippen molar-refractivity contribution in [3.8, 4) is 0 Å². The Hall–Kier alpha value is -3.65. The SMILES string of the molecule is C[C@@H]1C(=O)C[C@H](c2ccco2)N2C(=O)[C@@H]3[C@@H](C(=O)NCCc4c[nH]c5ccccc45)[C@H]4C=C[C@@]3(O4)[C@@H]12. The molecule has 2 aromatic heterocycles. The van der Waals surface area contributed by atoms with Crippen molar-refractivity contribution in [3.63, 3.8) is 0 Å². The Kier molecular flexibility index (Phi) is 4.61. The monoisotopic (exact) mass is 485 g/mol. The molecule has 3 aromatic rings. The Morgan fingerprint density at radius 3 is 2.92 bits per heavy atom. The molecular formula is C28H27N3O5. The van der Waals surface area contributed by atoms with Crippen LogP contribution in [0.1, 0.15) is 30.7 Å². The van der Waals surface area contributed by atoms with Gasteiger partial charge in [0.2, 0.25) is 11.8 Å². The molecule has 3 fully saturated rings. The highest BCUT2D eigenvalue weighted by Gasteiger charge is 2.74. The minimum Gasteiger partial charge on any atom is -0.467 e. The van der Waals surface area contributed by atoms with Crippen LogP contribution in [0.2, 0.25) is 0 Å². The molecule has 0 saturated carbocycles. The molecular weight excluding hydrogens is 458 g/mol.